The van der Waals surface area contributed by atoms with E-state index in [1.54, 1.807) is 24.5 Å². The van der Waals surface area contributed by atoms with Crippen molar-refractivity contribution in [2.45, 2.75) is 143 Å². The standard InChI is InChI=1S/2C24H29N10.Mn/c1-7-9-12-16(8-2)21-29-31-23-19(20(24(3,4)5)32-34(21)23)28-30-22-17(25-6)15-27-33(22)18-13-10-11-14-26-18;1-6-8-11-16(7-2)21-30-31-23-19(20(24(3,4)5)32-34(21)23)28-29-22-17(14-25)15-27-33(22)18-12-9-10-13-26-18;/h10-11,13-16H,7-9,12H2,1-5H3;9-10,12-13,15-16H,6-8,11H2,1-5H3;/q2*-1;+2. The van der Waals surface area contributed by atoms with Gasteiger partial charge >= 0.3 is 17.1 Å². The summed E-state index contributed by atoms with van der Waals surface area (Å²) < 4.78 is 6.65. The Balaban J connectivity index is 0.000000224. The number of pyridine rings is 2. The Kier molecular flexibility index (Phi) is 16.5. The number of unbranched alkanes of at least 4 members (excludes halogenated alkanes) is 2. The minimum absolute atomic E-state index is 0. The van der Waals surface area contributed by atoms with E-state index < -0.39 is 0 Å². The molecule has 1 radical (unpaired) electrons. The Labute approximate surface area is 412 Å². The van der Waals surface area contributed by atoms with Crippen molar-refractivity contribution < 1.29 is 17.1 Å². The first-order valence-corrected chi connectivity index (χ1v) is 23.2. The second-order valence-corrected chi connectivity index (χ2v) is 18.5. The van der Waals surface area contributed by atoms with Crippen molar-refractivity contribution in [2.24, 2.45) is 20.5 Å². The molecule has 21 heteroatoms. The van der Waals surface area contributed by atoms with Crippen LogP contribution >= 0.6 is 0 Å². The SMILES string of the molecule is CCCCC(CC)c1n[n-]c2c(N=Nc3c(C#N)cnn3-c3ccccn3)c(C(C)(C)C)nn12.[C-]#[N+]c1cnn(-c2ccccn2)c1N=Nc1c(C(C)(C)C)nn2c(C(CC)CCCC)n[n-]c12.[Mn+2]. The Morgan fingerprint density at radius 1 is 0.681 bits per heavy atom. The molecular weight excluding hydrogens is 912 g/mol. The zero-order valence-electron chi connectivity index (χ0n) is 40.9. The summed E-state index contributed by atoms with van der Waals surface area (Å²) in [7, 11) is 0. The molecule has 0 saturated carbocycles. The molecule has 0 aliphatic rings. The molecule has 20 nitrogen and oxygen atoms in total. The molecular formula is C48H58MnN20. The van der Waals surface area contributed by atoms with Gasteiger partial charge in [0, 0.05) is 46.2 Å². The second kappa shape index (κ2) is 22.3. The number of azo groups is 2. The number of rotatable bonds is 16. The smallest absolute Gasteiger partial charge is 0.350 e. The van der Waals surface area contributed by atoms with Gasteiger partial charge in [-0.25, -0.2) is 19.5 Å². The van der Waals surface area contributed by atoms with E-state index in [1.807, 2.05) is 33.3 Å². The van der Waals surface area contributed by atoms with E-state index in [2.05, 4.69) is 141 Å². The minimum Gasteiger partial charge on any atom is -0.350 e. The molecule has 0 fully saturated rings. The van der Waals surface area contributed by atoms with E-state index >= 15 is 0 Å². The number of nitriles is 1. The Morgan fingerprint density at radius 2 is 1.14 bits per heavy atom. The fraction of sp³-hybridized carbons (Fsp3) is 0.458. The summed E-state index contributed by atoms with van der Waals surface area (Å²) in [5.41, 5.74) is 3.81. The van der Waals surface area contributed by atoms with Crippen LogP contribution in [0, 0.1) is 17.9 Å². The van der Waals surface area contributed by atoms with Crippen LogP contribution in [0.4, 0.5) is 28.7 Å². The third-order valence-corrected chi connectivity index (χ3v) is 11.5. The molecule has 8 aromatic rings. The fourth-order valence-electron chi connectivity index (χ4n) is 7.73. The molecule has 0 bridgehead atoms. The Bertz CT molecular complexity index is 2870. The van der Waals surface area contributed by atoms with Gasteiger partial charge in [-0.15, -0.1) is 20.5 Å². The summed E-state index contributed by atoms with van der Waals surface area (Å²) in [6, 6.07) is 13.1. The summed E-state index contributed by atoms with van der Waals surface area (Å²) in [5.74, 6) is 3.98. The van der Waals surface area contributed by atoms with Gasteiger partial charge < -0.3 is 19.2 Å². The quantitative estimate of drug-likeness (QED) is 0.0502. The molecule has 0 aliphatic carbocycles. The molecule has 0 aromatic carbocycles. The first-order chi connectivity index (χ1) is 32.8. The second-order valence-electron chi connectivity index (χ2n) is 18.5. The molecule has 69 heavy (non-hydrogen) atoms. The van der Waals surface area contributed by atoms with Crippen LogP contribution in [0.1, 0.15) is 161 Å². The van der Waals surface area contributed by atoms with Crippen molar-refractivity contribution in [3.63, 3.8) is 0 Å². The summed E-state index contributed by atoms with van der Waals surface area (Å²) in [4.78, 5) is 12.2. The molecule has 0 amide bonds. The summed E-state index contributed by atoms with van der Waals surface area (Å²) in [6.45, 7) is 28.7. The molecule has 8 aromatic heterocycles. The molecule has 357 valence electrons. The monoisotopic (exact) mass is 969 g/mol. The van der Waals surface area contributed by atoms with Crippen molar-refractivity contribution in [3.8, 4) is 17.7 Å². The van der Waals surface area contributed by atoms with Crippen LogP contribution in [0.5, 0.6) is 0 Å². The van der Waals surface area contributed by atoms with Crippen molar-refractivity contribution in [1.82, 2.24) is 69.2 Å². The Morgan fingerprint density at radius 3 is 1.55 bits per heavy atom. The van der Waals surface area contributed by atoms with Crippen LogP contribution in [0.15, 0.2) is 81.6 Å². The predicted octanol–water partition coefficient (Wildman–Crippen LogP) is 11.7. The van der Waals surface area contributed by atoms with Gasteiger partial charge in [0.1, 0.15) is 23.0 Å². The van der Waals surface area contributed by atoms with Crippen LogP contribution in [0.2, 0.25) is 0 Å². The third kappa shape index (κ3) is 10.9. The van der Waals surface area contributed by atoms with Gasteiger partial charge in [0.25, 0.3) is 5.69 Å². The fourth-order valence-corrected chi connectivity index (χ4v) is 7.73. The number of aromatic nitrogens is 14. The van der Waals surface area contributed by atoms with Crippen LogP contribution < -0.4 is 10.2 Å². The van der Waals surface area contributed by atoms with Gasteiger partial charge in [-0.3, -0.25) is 20.4 Å². The summed E-state index contributed by atoms with van der Waals surface area (Å²) in [5, 5.41) is 63.8. The van der Waals surface area contributed by atoms with Crippen molar-refractivity contribution in [1.29, 1.82) is 5.26 Å². The predicted molar refractivity (Wildman–Crippen MR) is 257 cm³/mol. The maximum atomic E-state index is 9.59. The number of nitrogens with zero attached hydrogens (tertiary/aromatic N) is 20. The van der Waals surface area contributed by atoms with E-state index in [0.29, 0.717) is 51.5 Å². The largest absolute Gasteiger partial charge is 2.00 e. The van der Waals surface area contributed by atoms with Gasteiger partial charge in [-0.2, -0.15) is 20.1 Å². The maximum absolute atomic E-state index is 9.59. The zero-order valence-corrected chi connectivity index (χ0v) is 42.1. The topological polar surface area (TPSA) is 228 Å². The molecule has 8 rings (SSSR count). The average Bonchev–Trinajstić information content (AvgIpc) is 4.20. The molecule has 0 spiro atoms. The third-order valence-electron chi connectivity index (χ3n) is 11.5. The molecule has 0 aliphatic heterocycles. The van der Waals surface area contributed by atoms with Crippen molar-refractivity contribution in [3.05, 3.63) is 101 Å². The van der Waals surface area contributed by atoms with Crippen molar-refractivity contribution in [2.75, 3.05) is 0 Å². The van der Waals surface area contributed by atoms with Gasteiger partial charge in [0.05, 0.1) is 30.4 Å². The Hall–Kier alpha value is -7.22. The van der Waals surface area contributed by atoms with E-state index in [9.17, 15) is 5.26 Å². The van der Waals surface area contributed by atoms with Gasteiger partial charge in [0.15, 0.2) is 23.3 Å². The van der Waals surface area contributed by atoms with Crippen LogP contribution in [0.25, 0.3) is 27.8 Å². The summed E-state index contributed by atoms with van der Waals surface area (Å²) >= 11 is 0. The van der Waals surface area contributed by atoms with Crippen LogP contribution in [-0.2, 0) is 27.9 Å². The van der Waals surface area contributed by atoms with E-state index in [0.717, 1.165) is 74.4 Å². The van der Waals surface area contributed by atoms with E-state index in [-0.39, 0.29) is 45.4 Å². The first-order valence-electron chi connectivity index (χ1n) is 23.2. The molecule has 8 heterocycles. The van der Waals surface area contributed by atoms with Gasteiger partial charge in [-0.05, 0) is 61.8 Å². The minimum atomic E-state index is -0.295. The van der Waals surface area contributed by atoms with E-state index in [4.69, 9.17) is 16.8 Å². The number of hydrogen-bond acceptors (Lipinski definition) is 13. The van der Waals surface area contributed by atoms with Crippen molar-refractivity contribution >= 4 is 40.0 Å². The normalized spacial score (nSPS) is 12.9. The van der Waals surface area contributed by atoms with Crippen LogP contribution in [0.3, 0.4) is 0 Å². The molecule has 2 atom stereocenters. The maximum Gasteiger partial charge on any atom is 2.00 e. The average molecular weight is 970 g/mol. The molecule has 2 unspecified atom stereocenters. The van der Waals surface area contributed by atoms with Gasteiger partial charge in [-0.1, -0.05) is 107 Å². The zero-order chi connectivity index (χ0) is 48.6. The van der Waals surface area contributed by atoms with Gasteiger partial charge in [0.2, 0.25) is 0 Å². The van der Waals surface area contributed by atoms with Crippen LogP contribution in [-0.4, -0.2) is 59.0 Å². The molecule has 0 N–H and O–H groups in total. The number of hydrogen-bond donors (Lipinski definition) is 0. The first kappa shape index (κ1) is 51.2. The van der Waals surface area contributed by atoms with E-state index in [1.165, 1.54) is 21.8 Å². The summed E-state index contributed by atoms with van der Waals surface area (Å²) in [6.07, 6.45) is 14.8. The number of fused-ring (bicyclic) bond motifs is 2. The molecule has 0 saturated heterocycles.